The third-order valence-corrected chi connectivity index (χ3v) is 2.29. The molecule has 0 fully saturated rings. The third kappa shape index (κ3) is 5.12. The van der Waals surface area contributed by atoms with E-state index in [2.05, 4.69) is 6.58 Å². The average molecular weight is 313 g/mol. The standard InChI is InChI=1S/C9H9NO6.C4H6O2/c1-15-7-3-5(9(11)12)6(10(13)14)4-8(7)16-2;1-3(2)4(5)6/h3-4H,1-2H3,(H,11,12);1H2,2H3,(H,5,6). The van der Waals surface area contributed by atoms with Gasteiger partial charge in [0.05, 0.1) is 25.2 Å². The number of hydrogen-bond acceptors (Lipinski definition) is 6. The molecule has 9 heteroatoms. The molecular weight excluding hydrogens is 298 g/mol. The van der Waals surface area contributed by atoms with Crippen LogP contribution >= 0.6 is 0 Å². The lowest BCUT2D eigenvalue weighted by Gasteiger charge is -2.08. The number of nitro benzene ring substituents is 1. The molecule has 22 heavy (non-hydrogen) atoms. The van der Waals surface area contributed by atoms with Crippen molar-refractivity contribution in [2.75, 3.05) is 14.2 Å². The van der Waals surface area contributed by atoms with E-state index >= 15 is 0 Å². The van der Waals surface area contributed by atoms with Gasteiger partial charge in [-0.1, -0.05) is 6.58 Å². The maximum atomic E-state index is 10.8. The van der Waals surface area contributed by atoms with E-state index in [1.807, 2.05) is 0 Å². The van der Waals surface area contributed by atoms with Gasteiger partial charge >= 0.3 is 11.9 Å². The minimum Gasteiger partial charge on any atom is -0.493 e. The molecule has 0 bridgehead atoms. The molecule has 0 saturated carbocycles. The average Bonchev–Trinajstić information content (AvgIpc) is 2.45. The Hall–Kier alpha value is -3.10. The number of carboxylic acid groups (broad SMARTS) is 2. The second-order valence-corrected chi connectivity index (χ2v) is 3.87. The lowest BCUT2D eigenvalue weighted by atomic mass is 10.1. The number of hydrogen-bond donors (Lipinski definition) is 2. The number of carbonyl (C=O) groups is 2. The molecule has 0 aliphatic carbocycles. The summed E-state index contributed by atoms with van der Waals surface area (Å²) in [5.41, 5.74) is -0.803. The van der Waals surface area contributed by atoms with Crippen molar-refractivity contribution >= 4 is 17.6 Å². The second-order valence-electron chi connectivity index (χ2n) is 3.87. The van der Waals surface area contributed by atoms with Crippen molar-refractivity contribution < 1.29 is 34.2 Å². The van der Waals surface area contributed by atoms with Crippen LogP contribution < -0.4 is 9.47 Å². The number of carboxylic acids is 2. The second kappa shape index (κ2) is 8.25. The lowest BCUT2D eigenvalue weighted by Crippen LogP contribution is -2.04. The zero-order chi connectivity index (χ0) is 17.4. The Morgan fingerprint density at radius 1 is 1.18 bits per heavy atom. The number of nitrogens with zero attached hydrogens (tertiary/aromatic N) is 1. The lowest BCUT2D eigenvalue weighted by molar-refractivity contribution is -0.385. The molecule has 0 atom stereocenters. The molecule has 120 valence electrons. The van der Waals surface area contributed by atoms with E-state index in [-0.39, 0.29) is 17.1 Å². The Bertz CT molecular complexity index is 555. The molecule has 0 aromatic heterocycles. The van der Waals surface area contributed by atoms with Gasteiger partial charge in [-0.15, -0.1) is 0 Å². The van der Waals surface area contributed by atoms with Crippen molar-refractivity contribution in [2.45, 2.75) is 6.92 Å². The molecule has 0 aliphatic heterocycles. The quantitative estimate of drug-likeness (QED) is 0.478. The van der Waals surface area contributed by atoms with E-state index in [0.29, 0.717) is 0 Å². The molecule has 0 unspecified atom stereocenters. The summed E-state index contributed by atoms with van der Waals surface area (Å²) in [5, 5.41) is 27.3. The molecule has 0 aliphatic rings. The maximum absolute atomic E-state index is 10.8. The summed E-state index contributed by atoms with van der Waals surface area (Å²) in [6.07, 6.45) is 0. The van der Waals surface area contributed by atoms with Gasteiger partial charge in [-0.05, 0) is 6.92 Å². The number of aliphatic carboxylic acids is 1. The van der Waals surface area contributed by atoms with Crippen molar-refractivity contribution in [3.8, 4) is 11.5 Å². The van der Waals surface area contributed by atoms with Gasteiger partial charge in [-0.2, -0.15) is 0 Å². The Balaban J connectivity index is 0.000000626. The Labute approximate surface area is 125 Å². The number of ether oxygens (including phenoxy) is 2. The molecule has 1 aromatic rings. The van der Waals surface area contributed by atoms with Gasteiger partial charge in [0.15, 0.2) is 11.5 Å². The number of nitro groups is 1. The van der Waals surface area contributed by atoms with Crippen molar-refractivity contribution in [1.82, 2.24) is 0 Å². The number of methoxy groups -OCH3 is 2. The van der Waals surface area contributed by atoms with Crippen LogP contribution in [0.1, 0.15) is 17.3 Å². The highest BCUT2D eigenvalue weighted by atomic mass is 16.6. The van der Waals surface area contributed by atoms with Crippen LogP contribution in [0.2, 0.25) is 0 Å². The van der Waals surface area contributed by atoms with E-state index in [4.69, 9.17) is 19.7 Å². The Morgan fingerprint density at radius 2 is 1.59 bits per heavy atom. The first-order valence-corrected chi connectivity index (χ1v) is 5.68. The van der Waals surface area contributed by atoms with Gasteiger partial charge in [-0.3, -0.25) is 10.1 Å². The molecule has 1 rings (SSSR count). The monoisotopic (exact) mass is 313 g/mol. The Kier molecular flexibility index (Phi) is 7.08. The molecule has 2 N–H and O–H groups in total. The minimum absolute atomic E-state index is 0.110. The fourth-order valence-corrected chi connectivity index (χ4v) is 1.19. The number of rotatable bonds is 5. The van der Waals surface area contributed by atoms with Crippen LogP contribution in [0.3, 0.4) is 0 Å². The smallest absolute Gasteiger partial charge is 0.342 e. The van der Waals surface area contributed by atoms with Crippen molar-refractivity contribution in [3.05, 3.63) is 40.0 Å². The van der Waals surface area contributed by atoms with Crippen LogP contribution in [-0.4, -0.2) is 41.3 Å². The summed E-state index contributed by atoms with van der Waals surface area (Å²) >= 11 is 0. The van der Waals surface area contributed by atoms with Crippen LogP contribution in [0.15, 0.2) is 24.3 Å². The molecule has 9 nitrogen and oxygen atoms in total. The maximum Gasteiger partial charge on any atom is 0.342 e. The molecule has 0 heterocycles. The van der Waals surface area contributed by atoms with Crippen LogP contribution in [0.5, 0.6) is 11.5 Å². The van der Waals surface area contributed by atoms with Gasteiger partial charge < -0.3 is 19.7 Å². The predicted molar refractivity (Wildman–Crippen MR) is 75.6 cm³/mol. The van der Waals surface area contributed by atoms with E-state index in [0.717, 1.165) is 12.1 Å². The first kappa shape index (κ1) is 18.9. The molecule has 0 saturated heterocycles. The molecule has 0 spiro atoms. The summed E-state index contributed by atoms with van der Waals surface area (Å²) in [4.78, 5) is 30.2. The molecule has 0 radical (unpaired) electrons. The highest BCUT2D eigenvalue weighted by Gasteiger charge is 2.23. The summed E-state index contributed by atoms with van der Waals surface area (Å²) < 4.78 is 9.69. The van der Waals surface area contributed by atoms with Crippen molar-refractivity contribution in [1.29, 1.82) is 0 Å². The summed E-state index contributed by atoms with van der Waals surface area (Å²) in [6.45, 7) is 4.60. The van der Waals surface area contributed by atoms with Gasteiger partial charge in [-0.25, -0.2) is 9.59 Å². The Morgan fingerprint density at radius 3 is 1.86 bits per heavy atom. The van der Waals surface area contributed by atoms with Gasteiger partial charge in [0.2, 0.25) is 0 Å². The summed E-state index contributed by atoms with van der Waals surface area (Å²) in [7, 11) is 2.62. The fraction of sp³-hybridized carbons (Fsp3) is 0.231. The molecular formula is C13H15NO8. The summed E-state index contributed by atoms with van der Waals surface area (Å²) in [6, 6.07) is 2.07. The largest absolute Gasteiger partial charge is 0.493 e. The normalized spacial score (nSPS) is 9.05. The zero-order valence-electron chi connectivity index (χ0n) is 12.2. The highest BCUT2D eigenvalue weighted by molar-refractivity contribution is 5.93. The van der Waals surface area contributed by atoms with E-state index < -0.39 is 28.1 Å². The summed E-state index contributed by atoms with van der Waals surface area (Å²) in [5.74, 6) is -2.09. The van der Waals surface area contributed by atoms with Crippen molar-refractivity contribution in [2.24, 2.45) is 0 Å². The minimum atomic E-state index is -1.40. The van der Waals surface area contributed by atoms with E-state index in [1.165, 1.54) is 21.1 Å². The SMILES string of the molecule is C=C(C)C(=O)O.COc1cc(C(=O)O)c([N+](=O)[O-])cc1OC. The van der Waals surface area contributed by atoms with Crippen LogP contribution in [0.25, 0.3) is 0 Å². The van der Waals surface area contributed by atoms with Crippen molar-refractivity contribution in [3.63, 3.8) is 0 Å². The predicted octanol–water partition coefficient (Wildman–Crippen LogP) is 1.96. The van der Waals surface area contributed by atoms with Crippen LogP contribution in [0.4, 0.5) is 5.69 Å². The van der Waals surface area contributed by atoms with Gasteiger partial charge in [0.1, 0.15) is 5.56 Å². The topological polar surface area (TPSA) is 136 Å². The van der Waals surface area contributed by atoms with Crippen LogP contribution in [0, 0.1) is 10.1 Å². The zero-order valence-corrected chi connectivity index (χ0v) is 12.2. The third-order valence-electron chi connectivity index (χ3n) is 2.29. The van der Waals surface area contributed by atoms with E-state index in [1.54, 1.807) is 0 Å². The number of aromatic carboxylic acids is 1. The molecule has 0 amide bonds. The highest BCUT2D eigenvalue weighted by Crippen LogP contribution is 2.34. The number of benzene rings is 1. The molecule has 1 aromatic carbocycles. The first-order chi connectivity index (χ1) is 10.1. The van der Waals surface area contributed by atoms with Crippen LogP contribution in [-0.2, 0) is 4.79 Å². The first-order valence-electron chi connectivity index (χ1n) is 5.68. The van der Waals surface area contributed by atoms with Gasteiger partial charge in [0, 0.05) is 11.6 Å². The fourth-order valence-electron chi connectivity index (χ4n) is 1.19. The van der Waals surface area contributed by atoms with E-state index in [9.17, 15) is 19.7 Å². The van der Waals surface area contributed by atoms with Gasteiger partial charge in [0.25, 0.3) is 5.69 Å².